The molecule has 0 heterocycles. The van der Waals surface area contributed by atoms with Crippen LogP contribution in [-0.4, -0.2) is 26.0 Å². The van der Waals surface area contributed by atoms with Crippen molar-refractivity contribution in [2.75, 3.05) is 25.0 Å². The molecule has 2 aromatic rings. The number of nitrogens with zero attached hydrogens (tertiary/aromatic N) is 1. The van der Waals surface area contributed by atoms with Crippen LogP contribution >= 0.6 is 0 Å². The van der Waals surface area contributed by atoms with Crippen LogP contribution in [0.5, 0.6) is 0 Å². The van der Waals surface area contributed by atoms with Gasteiger partial charge >= 0.3 is 0 Å². The van der Waals surface area contributed by atoms with Gasteiger partial charge in [0, 0.05) is 25.8 Å². The highest BCUT2D eigenvalue weighted by molar-refractivity contribution is 5.78. The lowest BCUT2D eigenvalue weighted by atomic mass is 10.1. The maximum Gasteiger partial charge on any atom is 0.224 e. The molecule has 0 aliphatic rings. The van der Waals surface area contributed by atoms with Crippen LogP contribution < -0.4 is 10.2 Å². The summed E-state index contributed by atoms with van der Waals surface area (Å²) >= 11 is 0. The number of para-hydroxylation sites is 1. The van der Waals surface area contributed by atoms with E-state index in [1.165, 1.54) is 5.56 Å². The second kappa shape index (κ2) is 7.48. The summed E-state index contributed by atoms with van der Waals surface area (Å²) in [4.78, 5) is 14.0. The first-order valence-corrected chi connectivity index (χ1v) is 7.23. The summed E-state index contributed by atoms with van der Waals surface area (Å²) in [5, 5.41) is 2.97. The Bertz CT molecular complexity index is 564. The Labute approximate surface area is 126 Å². The van der Waals surface area contributed by atoms with Crippen molar-refractivity contribution >= 4 is 11.6 Å². The molecule has 0 bridgehead atoms. The molecular formula is C18H22N2O. The zero-order chi connectivity index (χ0) is 15.1. The summed E-state index contributed by atoms with van der Waals surface area (Å²) in [6.07, 6.45) is 0.440. The predicted octanol–water partition coefficient (Wildman–Crippen LogP) is 2.79. The van der Waals surface area contributed by atoms with Crippen LogP contribution in [0, 0.1) is 6.92 Å². The first-order valence-electron chi connectivity index (χ1n) is 7.23. The molecule has 0 aromatic heterocycles. The largest absolute Gasteiger partial charge is 0.373 e. The molecule has 0 saturated carbocycles. The van der Waals surface area contributed by atoms with E-state index in [-0.39, 0.29) is 5.91 Å². The van der Waals surface area contributed by atoms with Crippen molar-refractivity contribution in [3.63, 3.8) is 0 Å². The molecule has 0 aliphatic heterocycles. The number of hydrogen-bond donors (Lipinski definition) is 1. The van der Waals surface area contributed by atoms with E-state index in [9.17, 15) is 4.79 Å². The number of amides is 1. The molecule has 2 rings (SSSR count). The first-order chi connectivity index (χ1) is 10.1. The van der Waals surface area contributed by atoms with Gasteiger partial charge in [0.1, 0.15) is 0 Å². The summed E-state index contributed by atoms with van der Waals surface area (Å²) < 4.78 is 0. The van der Waals surface area contributed by atoms with Gasteiger partial charge in [-0.2, -0.15) is 0 Å². The van der Waals surface area contributed by atoms with Crippen molar-refractivity contribution in [1.29, 1.82) is 0 Å². The number of nitrogens with one attached hydrogen (secondary N) is 1. The molecule has 0 aliphatic carbocycles. The summed E-state index contributed by atoms with van der Waals surface area (Å²) in [5.74, 6) is 0.0697. The molecule has 0 radical (unpaired) electrons. The maximum atomic E-state index is 11.9. The van der Waals surface area contributed by atoms with Crippen LogP contribution in [0.3, 0.4) is 0 Å². The molecule has 0 atom stereocenters. The molecule has 1 amide bonds. The summed E-state index contributed by atoms with van der Waals surface area (Å²) in [7, 11) is 2.03. The van der Waals surface area contributed by atoms with E-state index in [1.54, 1.807) is 0 Å². The fraction of sp³-hybridized carbons (Fsp3) is 0.278. The fourth-order valence-corrected chi connectivity index (χ4v) is 2.13. The van der Waals surface area contributed by atoms with E-state index < -0.39 is 0 Å². The minimum absolute atomic E-state index is 0.0697. The van der Waals surface area contributed by atoms with E-state index in [4.69, 9.17) is 0 Å². The van der Waals surface area contributed by atoms with Crippen LogP contribution in [0.1, 0.15) is 11.1 Å². The zero-order valence-corrected chi connectivity index (χ0v) is 12.7. The van der Waals surface area contributed by atoms with Crippen molar-refractivity contribution in [1.82, 2.24) is 5.32 Å². The van der Waals surface area contributed by atoms with E-state index >= 15 is 0 Å². The second-order valence-electron chi connectivity index (χ2n) is 5.27. The van der Waals surface area contributed by atoms with Crippen molar-refractivity contribution in [2.24, 2.45) is 0 Å². The maximum absolute atomic E-state index is 11.9. The van der Waals surface area contributed by atoms with Crippen LogP contribution in [0.2, 0.25) is 0 Å². The van der Waals surface area contributed by atoms with Crippen molar-refractivity contribution in [3.8, 4) is 0 Å². The van der Waals surface area contributed by atoms with E-state index in [0.717, 1.165) is 17.8 Å². The van der Waals surface area contributed by atoms with Crippen LogP contribution in [0.4, 0.5) is 5.69 Å². The number of carbonyl (C=O) groups excluding carboxylic acids is 1. The van der Waals surface area contributed by atoms with Crippen LogP contribution in [0.15, 0.2) is 54.6 Å². The standard InChI is InChI=1S/C18H22N2O/c1-15-8-10-16(11-9-15)14-18(21)19-12-13-20(2)17-6-4-3-5-7-17/h3-11H,12-14H2,1-2H3,(H,19,21). The molecule has 0 fully saturated rings. The van der Waals surface area contributed by atoms with Crippen molar-refractivity contribution in [3.05, 3.63) is 65.7 Å². The van der Waals surface area contributed by atoms with Gasteiger partial charge in [0.05, 0.1) is 6.42 Å². The monoisotopic (exact) mass is 282 g/mol. The molecule has 21 heavy (non-hydrogen) atoms. The molecular weight excluding hydrogens is 260 g/mol. The number of anilines is 1. The van der Waals surface area contributed by atoms with Crippen molar-refractivity contribution in [2.45, 2.75) is 13.3 Å². The van der Waals surface area contributed by atoms with E-state index in [0.29, 0.717) is 13.0 Å². The van der Waals surface area contributed by atoms with Gasteiger partial charge in [0.25, 0.3) is 0 Å². The summed E-state index contributed by atoms with van der Waals surface area (Å²) in [5.41, 5.74) is 3.42. The van der Waals surface area contributed by atoms with Gasteiger partial charge < -0.3 is 10.2 Å². The lowest BCUT2D eigenvalue weighted by Gasteiger charge is -2.19. The molecule has 3 nitrogen and oxygen atoms in total. The molecule has 0 unspecified atom stereocenters. The summed E-state index contributed by atoms with van der Waals surface area (Å²) in [6, 6.07) is 18.2. The van der Waals surface area contributed by atoms with Crippen LogP contribution in [0.25, 0.3) is 0 Å². The van der Waals surface area contributed by atoms with Gasteiger partial charge in [-0.25, -0.2) is 0 Å². The Morgan fingerprint density at radius 1 is 1.05 bits per heavy atom. The predicted molar refractivity (Wildman–Crippen MR) is 87.6 cm³/mol. The Morgan fingerprint density at radius 3 is 2.38 bits per heavy atom. The highest BCUT2D eigenvalue weighted by Crippen LogP contribution is 2.09. The fourth-order valence-electron chi connectivity index (χ4n) is 2.13. The Balaban J connectivity index is 1.73. The summed E-state index contributed by atoms with van der Waals surface area (Å²) in [6.45, 7) is 3.49. The number of carbonyl (C=O) groups is 1. The smallest absolute Gasteiger partial charge is 0.224 e. The highest BCUT2D eigenvalue weighted by Gasteiger charge is 2.04. The molecule has 2 aromatic carbocycles. The SMILES string of the molecule is Cc1ccc(CC(=O)NCCN(C)c2ccccc2)cc1. The van der Waals surface area contributed by atoms with E-state index in [1.807, 2.05) is 56.4 Å². The van der Waals surface area contributed by atoms with Gasteiger partial charge in [-0.15, -0.1) is 0 Å². The second-order valence-corrected chi connectivity index (χ2v) is 5.27. The topological polar surface area (TPSA) is 32.3 Å². The van der Waals surface area contributed by atoms with Gasteiger partial charge in [-0.3, -0.25) is 4.79 Å². The van der Waals surface area contributed by atoms with Gasteiger partial charge in [0.2, 0.25) is 5.91 Å². The minimum atomic E-state index is 0.0697. The van der Waals surface area contributed by atoms with Gasteiger partial charge in [-0.1, -0.05) is 48.0 Å². The third kappa shape index (κ3) is 4.95. The lowest BCUT2D eigenvalue weighted by molar-refractivity contribution is -0.120. The number of hydrogen-bond acceptors (Lipinski definition) is 2. The molecule has 3 heteroatoms. The highest BCUT2D eigenvalue weighted by atomic mass is 16.1. The van der Waals surface area contributed by atoms with E-state index in [2.05, 4.69) is 22.3 Å². The minimum Gasteiger partial charge on any atom is -0.373 e. The van der Waals surface area contributed by atoms with Gasteiger partial charge in [-0.05, 0) is 24.6 Å². The quantitative estimate of drug-likeness (QED) is 0.883. The normalized spacial score (nSPS) is 10.2. The zero-order valence-electron chi connectivity index (χ0n) is 12.7. The van der Waals surface area contributed by atoms with Gasteiger partial charge in [0.15, 0.2) is 0 Å². The number of benzene rings is 2. The average Bonchev–Trinajstić information content (AvgIpc) is 2.50. The molecule has 1 N–H and O–H groups in total. The van der Waals surface area contributed by atoms with Crippen molar-refractivity contribution < 1.29 is 4.79 Å². The molecule has 0 saturated heterocycles. The Morgan fingerprint density at radius 2 is 1.71 bits per heavy atom. The number of likely N-dealkylation sites (N-methyl/N-ethyl adjacent to an activating group) is 1. The number of aryl methyl sites for hydroxylation is 1. The first kappa shape index (κ1) is 15.1. The third-order valence-electron chi connectivity index (χ3n) is 3.45. The Hall–Kier alpha value is -2.29. The third-order valence-corrected chi connectivity index (χ3v) is 3.45. The number of rotatable bonds is 6. The Kier molecular flexibility index (Phi) is 5.38. The van der Waals surface area contributed by atoms with Crippen LogP contribution in [-0.2, 0) is 11.2 Å². The molecule has 110 valence electrons. The average molecular weight is 282 g/mol. The lowest BCUT2D eigenvalue weighted by Crippen LogP contribution is -2.33. The molecule has 0 spiro atoms.